The zero-order valence-corrected chi connectivity index (χ0v) is 17.3. The Hall–Kier alpha value is -3.04. The zero-order chi connectivity index (χ0) is 20.4. The van der Waals surface area contributed by atoms with Gasteiger partial charge in [0.2, 0.25) is 0 Å². The fourth-order valence-electron chi connectivity index (χ4n) is 2.73. The Morgan fingerprint density at radius 3 is 2.76 bits per heavy atom. The topological polar surface area (TPSA) is 69.0 Å². The molecular weight excluding hydrogens is 411 g/mol. The molecule has 0 bridgehead atoms. The van der Waals surface area contributed by atoms with E-state index in [0.717, 1.165) is 22.5 Å². The summed E-state index contributed by atoms with van der Waals surface area (Å²) in [5, 5.41) is 11.5. The van der Waals surface area contributed by atoms with Crippen LogP contribution in [0.3, 0.4) is 0 Å². The summed E-state index contributed by atoms with van der Waals surface area (Å²) in [4.78, 5) is 17.6. The molecule has 3 aromatic heterocycles. The number of anilines is 1. The van der Waals surface area contributed by atoms with Gasteiger partial charge in [-0.1, -0.05) is 0 Å². The molecule has 4 rings (SSSR count). The summed E-state index contributed by atoms with van der Waals surface area (Å²) in [5.41, 5.74) is 3.49. The van der Waals surface area contributed by atoms with Crippen LogP contribution in [0, 0.1) is 12.7 Å². The van der Waals surface area contributed by atoms with Crippen LogP contribution in [0.5, 0.6) is 5.75 Å². The number of nitrogens with zero attached hydrogens (tertiary/aromatic N) is 3. The van der Waals surface area contributed by atoms with Gasteiger partial charge in [0.25, 0.3) is 5.91 Å². The summed E-state index contributed by atoms with van der Waals surface area (Å²) >= 11 is 2.70. The number of hydrogen-bond donors (Lipinski definition) is 1. The smallest absolute Gasteiger partial charge is 0.267 e. The number of benzene rings is 1. The van der Waals surface area contributed by atoms with Gasteiger partial charge in [-0.05, 0) is 42.6 Å². The molecule has 0 unspecified atom stereocenters. The number of amides is 1. The average Bonchev–Trinajstić information content (AvgIpc) is 3.41. The van der Waals surface area contributed by atoms with E-state index in [9.17, 15) is 9.18 Å². The summed E-state index contributed by atoms with van der Waals surface area (Å²) in [6, 6.07) is 7.61. The molecule has 3 heterocycles. The van der Waals surface area contributed by atoms with Crippen molar-refractivity contribution < 1.29 is 13.9 Å². The predicted octanol–water partition coefficient (Wildman–Crippen LogP) is 4.88. The lowest BCUT2D eigenvalue weighted by molar-refractivity contribution is 0.103. The van der Waals surface area contributed by atoms with Crippen LogP contribution in [0.15, 0.2) is 47.3 Å². The van der Waals surface area contributed by atoms with Gasteiger partial charge in [-0.15, -0.1) is 22.7 Å². The molecular formula is C20H17FN4O2S2. The molecule has 0 radical (unpaired) electrons. The fraction of sp³-hybridized carbons (Fsp3) is 0.150. The van der Waals surface area contributed by atoms with Gasteiger partial charge in [0, 0.05) is 29.8 Å². The minimum atomic E-state index is -0.309. The Bertz CT molecular complexity index is 1150. The van der Waals surface area contributed by atoms with E-state index in [1.807, 2.05) is 30.9 Å². The Labute approximate surface area is 174 Å². The number of aryl methyl sites for hydroxylation is 2. The second-order valence-electron chi connectivity index (χ2n) is 6.36. The third kappa shape index (κ3) is 4.52. The van der Waals surface area contributed by atoms with Crippen LogP contribution in [0.4, 0.5) is 9.52 Å². The highest BCUT2D eigenvalue weighted by molar-refractivity contribution is 7.14. The molecule has 148 valence electrons. The van der Waals surface area contributed by atoms with Gasteiger partial charge >= 0.3 is 0 Å². The highest BCUT2D eigenvalue weighted by atomic mass is 32.1. The van der Waals surface area contributed by atoms with E-state index in [0.29, 0.717) is 22.4 Å². The lowest BCUT2D eigenvalue weighted by Crippen LogP contribution is -2.09. The van der Waals surface area contributed by atoms with E-state index < -0.39 is 0 Å². The standard InChI is InChI=1S/C20H17FN4O2S2/c1-12-16(8-25(2)24-12)17-11-29-20(22-17)23-19(26)18-7-13(10-28-18)9-27-15-5-3-14(21)4-6-15/h3-8,10-11H,9H2,1-2H3,(H,22,23,26). The highest BCUT2D eigenvalue weighted by Crippen LogP contribution is 2.27. The van der Waals surface area contributed by atoms with Crippen LogP contribution < -0.4 is 10.1 Å². The van der Waals surface area contributed by atoms with Crippen LogP contribution in [-0.2, 0) is 13.7 Å². The Morgan fingerprint density at radius 2 is 2.03 bits per heavy atom. The number of carbonyl (C=O) groups excluding carboxylic acids is 1. The first-order valence-electron chi connectivity index (χ1n) is 8.71. The Balaban J connectivity index is 1.38. The van der Waals surface area contributed by atoms with Gasteiger partial charge in [-0.3, -0.25) is 14.8 Å². The van der Waals surface area contributed by atoms with Crippen LogP contribution in [0.25, 0.3) is 11.3 Å². The molecule has 0 fully saturated rings. The number of rotatable bonds is 6. The lowest BCUT2D eigenvalue weighted by Gasteiger charge is -2.04. The molecule has 6 nitrogen and oxygen atoms in total. The monoisotopic (exact) mass is 428 g/mol. The molecule has 1 aromatic carbocycles. The third-order valence-corrected chi connectivity index (χ3v) is 5.85. The molecule has 0 saturated carbocycles. The van der Waals surface area contributed by atoms with Gasteiger partial charge < -0.3 is 4.74 Å². The van der Waals surface area contributed by atoms with Crippen molar-refractivity contribution in [2.45, 2.75) is 13.5 Å². The van der Waals surface area contributed by atoms with Crippen LogP contribution in [0.2, 0.25) is 0 Å². The molecule has 1 N–H and O–H groups in total. The highest BCUT2D eigenvalue weighted by Gasteiger charge is 2.14. The van der Waals surface area contributed by atoms with Crippen molar-refractivity contribution in [2.24, 2.45) is 7.05 Å². The third-order valence-electron chi connectivity index (χ3n) is 4.11. The molecule has 9 heteroatoms. The maximum Gasteiger partial charge on any atom is 0.267 e. The lowest BCUT2D eigenvalue weighted by atomic mass is 10.2. The predicted molar refractivity (Wildman–Crippen MR) is 112 cm³/mol. The van der Waals surface area contributed by atoms with Gasteiger partial charge in [0.05, 0.1) is 16.3 Å². The maximum absolute atomic E-state index is 12.9. The second kappa shape index (κ2) is 8.14. The first-order chi connectivity index (χ1) is 14.0. The summed E-state index contributed by atoms with van der Waals surface area (Å²) in [6.07, 6.45) is 1.91. The van der Waals surface area contributed by atoms with Crippen molar-refractivity contribution in [2.75, 3.05) is 5.32 Å². The summed E-state index contributed by atoms with van der Waals surface area (Å²) in [6.45, 7) is 2.23. The minimum Gasteiger partial charge on any atom is -0.489 e. The van der Waals surface area contributed by atoms with Crippen molar-refractivity contribution in [3.05, 3.63) is 69.2 Å². The quantitative estimate of drug-likeness (QED) is 0.475. The molecule has 1 amide bonds. The molecule has 4 aromatic rings. The minimum absolute atomic E-state index is 0.216. The molecule has 29 heavy (non-hydrogen) atoms. The second-order valence-corrected chi connectivity index (χ2v) is 8.13. The van der Waals surface area contributed by atoms with Crippen LogP contribution >= 0.6 is 22.7 Å². The van der Waals surface area contributed by atoms with E-state index in [2.05, 4.69) is 15.4 Å². The molecule has 0 spiro atoms. The summed E-state index contributed by atoms with van der Waals surface area (Å²) in [7, 11) is 1.86. The summed E-state index contributed by atoms with van der Waals surface area (Å²) < 4.78 is 20.3. The fourth-order valence-corrected chi connectivity index (χ4v) is 4.23. The number of ether oxygens (including phenoxy) is 1. The zero-order valence-electron chi connectivity index (χ0n) is 15.7. The van der Waals surface area contributed by atoms with E-state index in [4.69, 9.17) is 4.74 Å². The van der Waals surface area contributed by atoms with Crippen molar-refractivity contribution in [1.29, 1.82) is 0 Å². The van der Waals surface area contributed by atoms with Gasteiger partial charge in [-0.2, -0.15) is 5.10 Å². The van der Waals surface area contributed by atoms with Gasteiger partial charge in [-0.25, -0.2) is 9.37 Å². The molecule has 0 aliphatic carbocycles. The van der Waals surface area contributed by atoms with E-state index in [-0.39, 0.29) is 11.7 Å². The largest absolute Gasteiger partial charge is 0.489 e. The number of thiazole rings is 1. The Kier molecular flexibility index (Phi) is 5.41. The normalized spacial score (nSPS) is 10.9. The Morgan fingerprint density at radius 1 is 1.24 bits per heavy atom. The number of nitrogens with one attached hydrogen (secondary N) is 1. The first kappa shape index (κ1) is 19.3. The molecule has 0 aliphatic heterocycles. The number of thiophene rings is 1. The number of halogens is 1. The number of aromatic nitrogens is 3. The van der Waals surface area contributed by atoms with Crippen molar-refractivity contribution >= 4 is 33.7 Å². The first-order valence-corrected chi connectivity index (χ1v) is 10.5. The number of hydrogen-bond acceptors (Lipinski definition) is 6. The van der Waals surface area contributed by atoms with Crippen LogP contribution in [-0.4, -0.2) is 20.7 Å². The van der Waals surface area contributed by atoms with Crippen molar-refractivity contribution in [1.82, 2.24) is 14.8 Å². The summed E-state index contributed by atoms with van der Waals surface area (Å²) in [5.74, 6) is 0.0484. The van der Waals surface area contributed by atoms with Gasteiger partial charge in [0.1, 0.15) is 18.2 Å². The molecule has 0 aliphatic rings. The van der Waals surface area contributed by atoms with Gasteiger partial charge in [0.15, 0.2) is 5.13 Å². The SMILES string of the molecule is Cc1nn(C)cc1-c1csc(NC(=O)c2cc(COc3ccc(F)cc3)cs2)n1. The molecule has 0 atom stereocenters. The van der Waals surface area contributed by atoms with E-state index >= 15 is 0 Å². The van der Waals surface area contributed by atoms with Crippen molar-refractivity contribution in [3.63, 3.8) is 0 Å². The number of carbonyl (C=O) groups is 1. The van der Waals surface area contributed by atoms with Crippen molar-refractivity contribution in [3.8, 4) is 17.0 Å². The van der Waals surface area contributed by atoms with E-state index in [1.54, 1.807) is 22.9 Å². The van der Waals surface area contributed by atoms with E-state index in [1.165, 1.54) is 34.8 Å². The maximum atomic E-state index is 12.9. The molecule has 0 saturated heterocycles. The average molecular weight is 429 g/mol. The van der Waals surface area contributed by atoms with Crippen LogP contribution in [0.1, 0.15) is 20.9 Å².